The summed E-state index contributed by atoms with van der Waals surface area (Å²) in [6.07, 6.45) is -2.45. The van der Waals surface area contributed by atoms with Gasteiger partial charge in [-0.3, -0.25) is 0 Å². The largest absolute Gasteiger partial charge is 0.865 e. The van der Waals surface area contributed by atoms with E-state index in [1.165, 1.54) is 0 Å². The molecule has 3 aliphatic rings. The second-order valence-corrected chi connectivity index (χ2v) is 6.40. The monoisotopic (exact) mass is 479 g/mol. The van der Waals surface area contributed by atoms with E-state index >= 15 is 0 Å². The number of hydrogen-bond donors (Lipinski definition) is 8. The van der Waals surface area contributed by atoms with Crippen LogP contribution in [0.3, 0.4) is 0 Å². The van der Waals surface area contributed by atoms with Crippen LogP contribution in [-0.4, -0.2) is 96.9 Å². The third-order valence-electron chi connectivity index (χ3n) is 4.13. The second-order valence-electron chi connectivity index (χ2n) is 6.40. The van der Waals surface area contributed by atoms with Gasteiger partial charge >= 0.3 is 17.9 Å². The van der Waals surface area contributed by atoms with Crippen molar-refractivity contribution in [3.05, 3.63) is 34.6 Å². The SMILES string of the molecule is O=C1O[C@H](CCO)C(O)=C1O.O=C1O[C@H](CCO)C(O)=C1O.O=C1O[C@H](CCO)C(O)=C1[O-]. The maximum Gasteiger partial charge on any atom is 0.377 e. The minimum absolute atomic E-state index is 0.0588. The number of hydrogen-bond acceptors (Lipinski definition) is 15. The first-order valence-corrected chi connectivity index (χ1v) is 9.29. The minimum Gasteiger partial charge on any atom is -0.865 e. The molecule has 186 valence electrons. The molecule has 0 saturated carbocycles. The number of aliphatic hydroxyl groups excluding tert-OH is 8. The number of rotatable bonds is 6. The van der Waals surface area contributed by atoms with Crippen LogP contribution >= 0.6 is 0 Å². The zero-order valence-corrected chi connectivity index (χ0v) is 16.9. The summed E-state index contributed by atoms with van der Waals surface area (Å²) in [5.74, 6) is -7.07. The van der Waals surface area contributed by atoms with Crippen LogP contribution in [0.4, 0.5) is 0 Å². The highest BCUT2D eigenvalue weighted by Gasteiger charge is 2.34. The molecular weight excluding hydrogens is 456 g/mol. The quantitative estimate of drug-likeness (QED) is 0.147. The average Bonchev–Trinajstić information content (AvgIpc) is 3.27. The first-order chi connectivity index (χ1) is 15.5. The highest BCUT2D eigenvalue weighted by molar-refractivity contribution is 5.89. The normalized spacial score (nSPS) is 24.1. The van der Waals surface area contributed by atoms with Crippen LogP contribution in [0.25, 0.3) is 0 Å². The van der Waals surface area contributed by atoms with E-state index in [0.29, 0.717) is 0 Å². The lowest BCUT2D eigenvalue weighted by molar-refractivity contribution is -0.303. The Hall–Kier alpha value is -3.69. The summed E-state index contributed by atoms with van der Waals surface area (Å²) in [5.41, 5.74) is 0. The van der Waals surface area contributed by atoms with Gasteiger partial charge in [-0.1, -0.05) is 0 Å². The Balaban J connectivity index is 0.000000247. The van der Waals surface area contributed by atoms with Crippen molar-refractivity contribution in [3.8, 4) is 0 Å². The maximum atomic E-state index is 10.5. The molecule has 0 unspecified atom stereocenters. The van der Waals surface area contributed by atoms with Crippen molar-refractivity contribution in [1.29, 1.82) is 0 Å². The highest BCUT2D eigenvalue weighted by Crippen LogP contribution is 2.21. The summed E-state index contributed by atoms with van der Waals surface area (Å²) in [7, 11) is 0. The minimum atomic E-state index is -1.05. The predicted molar refractivity (Wildman–Crippen MR) is 99.0 cm³/mol. The molecule has 0 saturated heterocycles. The molecule has 0 amide bonds. The van der Waals surface area contributed by atoms with E-state index in [1.54, 1.807) is 0 Å². The van der Waals surface area contributed by atoms with E-state index in [0.717, 1.165) is 0 Å². The lowest BCUT2D eigenvalue weighted by Gasteiger charge is -2.07. The molecule has 0 bridgehead atoms. The van der Waals surface area contributed by atoms with Gasteiger partial charge in [-0.15, -0.1) is 0 Å². The van der Waals surface area contributed by atoms with Crippen LogP contribution < -0.4 is 5.11 Å². The zero-order chi connectivity index (χ0) is 25.3. The Morgan fingerprint density at radius 3 is 1.09 bits per heavy atom. The summed E-state index contributed by atoms with van der Waals surface area (Å²) in [6.45, 7) is -0.667. The standard InChI is InChI=1S/3C6H8O5/c3*7-2-1-3-4(8)5(9)6(10)11-3/h3*3,7-9H,1-2H2/p-1/t3*3-/m111/s1. The third kappa shape index (κ3) is 6.90. The first-order valence-electron chi connectivity index (χ1n) is 9.29. The van der Waals surface area contributed by atoms with Crippen molar-refractivity contribution in [2.45, 2.75) is 37.6 Å². The van der Waals surface area contributed by atoms with E-state index in [9.17, 15) is 19.5 Å². The molecule has 0 fully saturated rings. The summed E-state index contributed by atoms with van der Waals surface area (Å²) >= 11 is 0. The Labute approximate surface area is 185 Å². The number of esters is 3. The Bertz CT molecular complexity index is 730. The van der Waals surface area contributed by atoms with Crippen molar-refractivity contribution in [3.63, 3.8) is 0 Å². The molecule has 0 aromatic rings. The van der Waals surface area contributed by atoms with Gasteiger partial charge in [0.1, 0.15) is 5.76 Å². The number of carbonyl (C=O) groups excluding carboxylic acids is 3. The van der Waals surface area contributed by atoms with Gasteiger partial charge in [-0.2, -0.15) is 0 Å². The van der Waals surface area contributed by atoms with Crippen LogP contribution in [0.1, 0.15) is 19.3 Å². The van der Waals surface area contributed by atoms with Gasteiger partial charge in [-0.25, -0.2) is 14.4 Å². The fraction of sp³-hybridized carbons (Fsp3) is 0.500. The Kier molecular flexibility index (Phi) is 10.3. The maximum absolute atomic E-state index is 10.5. The predicted octanol–water partition coefficient (Wildman–Crippen LogP) is -2.33. The molecule has 33 heavy (non-hydrogen) atoms. The van der Waals surface area contributed by atoms with Crippen LogP contribution in [0.15, 0.2) is 34.6 Å². The third-order valence-corrected chi connectivity index (χ3v) is 4.13. The van der Waals surface area contributed by atoms with Crippen LogP contribution in [0.5, 0.6) is 0 Å². The molecule has 0 aromatic carbocycles. The van der Waals surface area contributed by atoms with E-state index in [2.05, 4.69) is 14.2 Å². The lowest BCUT2D eigenvalue weighted by atomic mass is 10.2. The van der Waals surface area contributed by atoms with Crippen molar-refractivity contribution in [2.75, 3.05) is 19.8 Å². The highest BCUT2D eigenvalue weighted by atomic mass is 16.6. The first kappa shape index (κ1) is 27.3. The summed E-state index contributed by atoms with van der Waals surface area (Å²) in [4.78, 5) is 31.4. The number of ether oxygens (including phenoxy) is 3. The number of cyclic esters (lactones) is 3. The van der Waals surface area contributed by atoms with Gasteiger partial charge in [0.25, 0.3) is 0 Å². The van der Waals surface area contributed by atoms with Gasteiger partial charge in [0.2, 0.25) is 11.5 Å². The summed E-state index contributed by atoms with van der Waals surface area (Å²) < 4.78 is 13.3. The Morgan fingerprint density at radius 1 is 0.576 bits per heavy atom. The zero-order valence-electron chi connectivity index (χ0n) is 16.9. The number of aliphatic hydroxyl groups is 8. The molecule has 3 heterocycles. The smallest absolute Gasteiger partial charge is 0.377 e. The molecule has 3 aliphatic heterocycles. The topological polar surface area (TPSA) is 264 Å². The van der Waals surface area contributed by atoms with Gasteiger partial charge in [0.05, 0.1) is 0 Å². The molecule has 3 rings (SSSR count). The van der Waals surface area contributed by atoms with Crippen molar-refractivity contribution in [2.24, 2.45) is 0 Å². The van der Waals surface area contributed by atoms with Crippen LogP contribution in [0.2, 0.25) is 0 Å². The lowest BCUT2D eigenvalue weighted by Crippen LogP contribution is -2.13. The fourth-order valence-corrected chi connectivity index (χ4v) is 2.42. The molecule has 0 aliphatic carbocycles. The van der Waals surface area contributed by atoms with Crippen molar-refractivity contribution in [1.82, 2.24) is 0 Å². The molecule has 15 heteroatoms. The van der Waals surface area contributed by atoms with E-state index < -0.39 is 70.8 Å². The molecule has 0 spiro atoms. The van der Waals surface area contributed by atoms with Crippen molar-refractivity contribution >= 4 is 17.9 Å². The van der Waals surface area contributed by atoms with E-state index in [1.807, 2.05) is 0 Å². The van der Waals surface area contributed by atoms with E-state index in [-0.39, 0.29) is 39.1 Å². The second kappa shape index (κ2) is 12.4. The number of carbonyl (C=O) groups is 3. The average molecular weight is 479 g/mol. The summed E-state index contributed by atoms with van der Waals surface area (Å²) in [6, 6.07) is 0. The van der Waals surface area contributed by atoms with Gasteiger partial charge < -0.3 is 60.2 Å². The molecular formula is C18H23O15-. The Morgan fingerprint density at radius 2 is 0.879 bits per heavy atom. The van der Waals surface area contributed by atoms with E-state index in [4.69, 9.17) is 40.9 Å². The molecule has 0 radical (unpaired) electrons. The molecule has 8 N–H and O–H groups in total. The van der Waals surface area contributed by atoms with Crippen LogP contribution in [0, 0.1) is 0 Å². The van der Waals surface area contributed by atoms with Gasteiger partial charge in [0.15, 0.2) is 29.8 Å². The molecule has 3 atom stereocenters. The van der Waals surface area contributed by atoms with Gasteiger partial charge in [0, 0.05) is 44.8 Å². The molecule has 15 nitrogen and oxygen atoms in total. The van der Waals surface area contributed by atoms with Crippen LogP contribution in [-0.2, 0) is 28.6 Å². The van der Waals surface area contributed by atoms with Gasteiger partial charge in [-0.05, 0) is 0 Å². The summed E-state index contributed by atoms with van der Waals surface area (Å²) in [5, 5.41) is 80.0. The fourth-order valence-electron chi connectivity index (χ4n) is 2.42. The van der Waals surface area contributed by atoms with Crippen molar-refractivity contribution < 1.29 is 74.6 Å². The molecule has 0 aromatic heterocycles.